The van der Waals surface area contributed by atoms with Crippen LogP contribution in [0.15, 0.2) is 18.2 Å². The number of nitro benzene ring substituents is 1. The SMILES string of the molecule is CC(Br)CCCNC(=O)c1cc(F)ccc1[N+](=O)[O-]. The number of hydrogen-bond donors (Lipinski definition) is 1. The van der Waals surface area contributed by atoms with E-state index in [1.54, 1.807) is 0 Å². The number of hydrogen-bond acceptors (Lipinski definition) is 3. The summed E-state index contributed by atoms with van der Waals surface area (Å²) in [6.07, 6.45) is 1.60. The summed E-state index contributed by atoms with van der Waals surface area (Å²) in [4.78, 5) is 22.2. The number of nitro groups is 1. The van der Waals surface area contributed by atoms with Gasteiger partial charge in [-0.05, 0) is 25.0 Å². The summed E-state index contributed by atoms with van der Waals surface area (Å²) < 4.78 is 13.1. The van der Waals surface area contributed by atoms with Gasteiger partial charge in [0.1, 0.15) is 11.4 Å². The lowest BCUT2D eigenvalue weighted by Crippen LogP contribution is -2.25. The van der Waals surface area contributed by atoms with Crippen molar-refractivity contribution in [2.75, 3.05) is 6.54 Å². The predicted molar refractivity (Wildman–Crippen MR) is 73.0 cm³/mol. The molecule has 0 radical (unpaired) electrons. The molecule has 0 aliphatic rings. The molecule has 1 aromatic rings. The van der Waals surface area contributed by atoms with Gasteiger partial charge >= 0.3 is 0 Å². The van der Waals surface area contributed by atoms with Crippen LogP contribution in [-0.2, 0) is 0 Å². The van der Waals surface area contributed by atoms with Gasteiger partial charge in [0, 0.05) is 17.4 Å². The third-order valence-electron chi connectivity index (χ3n) is 2.46. The number of nitrogens with one attached hydrogen (secondary N) is 1. The number of alkyl halides is 1. The Kier molecular flexibility index (Phi) is 5.88. The second kappa shape index (κ2) is 7.18. The molecule has 0 saturated carbocycles. The van der Waals surface area contributed by atoms with Gasteiger partial charge < -0.3 is 5.32 Å². The van der Waals surface area contributed by atoms with Gasteiger partial charge in [-0.2, -0.15) is 0 Å². The summed E-state index contributed by atoms with van der Waals surface area (Å²) in [6.45, 7) is 2.38. The maximum Gasteiger partial charge on any atom is 0.282 e. The minimum atomic E-state index is -0.699. The van der Waals surface area contributed by atoms with Gasteiger partial charge in [-0.3, -0.25) is 14.9 Å². The Labute approximate surface area is 118 Å². The second-order valence-electron chi connectivity index (χ2n) is 4.10. The van der Waals surface area contributed by atoms with Gasteiger partial charge in [-0.15, -0.1) is 0 Å². The predicted octanol–water partition coefficient (Wildman–Crippen LogP) is 3.03. The van der Waals surface area contributed by atoms with Crippen molar-refractivity contribution in [3.05, 3.63) is 39.7 Å². The van der Waals surface area contributed by atoms with Gasteiger partial charge in [0.25, 0.3) is 11.6 Å². The molecule has 0 aliphatic carbocycles. The highest BCUT2D eigenvalue weighted by Crippen LogP contribution is 2.19. The van der Waals surface area contributed by atoms with Gasteiger partial charge in [0.05, 0.1) is 4.92 Å². The average molecular weight is 333 g/mol. The van der Waals surface area contributed by atoms with E-state index in [-0.39, 0.29) is 5.56 Å². The standard InChI is InChI=1S/C12H14BrFN2O3/c1-8(13)3-2-6-15-12(17)10-7-9(14)4-5-11(10)16(18)19/h4-5,7-8H,2-3,6H2,1H3,(H,15,17). The number of carbonyl (C=O) groups is 1. The third kappa shape index (κ3) is 4.94. The fourth-order valence-corrected chi connectivity index (χ4v) is 1.85. The summed E-state index contributed by atoms with van der Waals surface area (Å²) in [6, 6.07) is 2.83. The summed E-state index contributed by atoms with van der Waals surface area (Å²) in [7, 11) is 0. The van der Waals surface area contributed by atoms with Crippen molar-refractivity contribution in [1.29, 1.82) is 0 Å². The first kappa shape index (κ1) is 15.6. The molecule has 104 valence electrons. The summed E-state index contributed by atoms with van der Waals surface area (Å²) >= 11 is 3.38. The molecule has 19 heavy (non-hydrogen) atoms. The molecule has 7 heteroatoms. The van der Waals surface area contributed by atoms with Gasteiger partial charge in [-0.1, -0.05) is 22.9 Å². The molecule has 0 aromatic heterocycles. The molecular formula is C12H14BrFN2O3. The molecule has 1 amide bonds. The van der Waals surface area contributed by atoms with Crippen molar-refractivity contribution in [3.8, 4) is 0 Å². The molecule has 0 saturated heterocycles. The molecule has 1 N–H and O–H groups in total. The first-order valence-electron chi connectivity index (χ1n) is 5.78. The van der Waals surface area contributed by atoms with Crippen molar-refractivity contribution in [2.24, 2.45) is 0 Å². The second-order valence-corrected chi connectivity index (χ2v) is 5.66. The molecule has 0 bridgehead atoms. The molecule has 0 aliphatic heterocycles. The molecule has 1 unspecified atom stereocenters. The molecular weight excluding hydrogens is 319 g/mol. The molecule has 0 fully saturated rings. The molecule has 0 spiro atoms. The zero-order chi connectivity index (χ0) is 14.4. The lowest BCUT2D eigenvalue weighted by atomic mass is 10.1. The van der Waals surface area contributed by atoms with Crippen LogP contribution >= 0.6 is 15.9 Å². The highest BCUT2D eigenvalue weighted by Gasteiger charge is 2.20. The number of halogens is 2. The largest absolute Gasteiger partial charge is 0.352 e. The van der Waals surface area contributed by atoms with Gasteiger partial charge in [-0.25, -0.2) is 4.39 Å². The molecule has 1 atom stereocenters. The Bertz CT molecular complexity index is 480. The minimum Gasteiger partial charge on any atom is -0.352 e. The van der Waals surface area contributed by atoms with E-state index in [4.69, 9.17) is 0 Å². The first-order valence-corrected chi connectivity index (χ1v) is 6.69. The van der Waals surface area contributed by atoms with E-state index in [2.05, 4.69) is 21.2 Å². The van der Waals surface area contributed by atoms with Crippen LogP contribution in [0.3, 0.4) is 0 Å². The Morgan fingerprint density at radius 3 is 2.84 bits per heavy atom. The first-order chi connectivity index (χ1) is 8.91. The molecule has 1 rings (SSSR count). The maximum absolute atomic E-state index is 13.1. The normalized spacial score (nSPS) is 11.9. The van der Waals surface area contributed by atoms with Crippen molar-refractivity contribution in [2.45, 2.75) is 24.6 Å². The third-order valence-corrected chi connectivity index (χ3v) is 2.92. The van der Waals surface area contributed by atoms with Crippen molar-refractivity contribution < 1.29 is 14.1 Å². The van der Waals surface area contributed by atoms with E-state index in [0.29, 0.717) is 11.4 Å². The molecule has 0 heterocycles. The Morgan fingerprint density at radius 1 is 1.58 bits per heavy atom. The van der Waals surface area contributed by atoms with E-state index in [1.165, 1.54) is 0 Å². The van der Waals surface area contributed by atoms with Crippen molar-refractivity contribution in [1.82, 2.24) is 5.32 Å². The van der Waals surface area contributed by atoms with Crippen LogP contribution in [0.25, 0.3) is 0 Å². The van der Waals surface area contributed by atoms with Gasteiger partial charge in [0.2, 0.25) is 0 Å². The fourth-order valence-electron chi connectivity index (χ4n) is 1.53. The Hall–Kier alpha value is -1.50. The number of nitrogens with zero attached hydrogens (tertiary/aromatic N) is 1. The topological polar surface area (TPSA) is 72.2 Å². The smallest absolute Gasteiger partial charge is 0.282 e. The maximum atomic E-state index is 13.1. The van der Waals surface area contributed by atoms with E-state index in [9.17, 15) is 19.3 Å². The highest BCUT2D eigenvalue weighted by molar-refractivity contribution is 9.09. The molecule has 5 nitrogen and oxygen atoms in total. The Balaban J connectivity index is 2.70. The van der Waals surface area contributed by atoms with Crippen LogP contribution in [-0.4, -0.2) is 22.2 Å². The average Bonchev–Trinajstić information content (AvgIpc) is 2.33. The Morgan fingerprint density at radius 2 is 2.26 bits per heavy atom. The van der Waals surface area contributed by atoms with E-state index >= 15 is 0 Å². The van der Waals surface area contributed by atoms with Crippen LogP contribution in [0.1, 0.15) is 30.1 Å². The lowest BCUT2D eigenvalue weighted by Gasteiger charge is -2.06. The van der Waals surface area contributed by atoms with Crippen LogP contribution in [0.2, 0.25) is 0 Å². The number of carbonyl (C=O) groups excluding carboxylic acids is 1. The molecule has 1 aromatic carbocycles. The van der Waals surface area contributed by atoms with Crippen LogP contribution in [0.5, 0.6) is 0 Å². The number of benzene rings is 1. The van der Waals surface area contributed by atoms with E-state index in [1.807, 2.05) is 6.92 Å². The summed E-state index contributed by atoms with van der Waals surface area (Å²) in [5.41, 5.74) is -0.648. The van der Waals surface area contributed by atoms with Crippen molar-refractivity contribution >= 4 is 27.5 Å². The monoisotopic (exact) mass is 332 g/mol. The van der Waals surface area contributed by atoms with E-state index in [0.717, 1.165) is 31.0 Å². The zero-order valence-electron chi connectivity index (χ0n) is 10.4. The highest BCUT2D eigenvalue weighted by atomic mass is 79.9. The van der Waals surface area contributed by atoms with Crippen LogP contribution in [0.4, 0.5) is 10.1 Å². The fraction of sp³-hybridized carbons (Fsp3) is 0.417. The van der Waals surface area contributed by atoms with Gasteiger partial charge in [0.15, 0.2) is 0 Å². The van der Waals surface area contributed by atoms with Crippen molar-refractivity contribution in [3.63, 3.8) is 0 Å². The summed E-state index contributed by atoms with van der Waals surface area (Å²) in [5, 5.41) is 13.3. The van der Waals surface area contributed by atoms with Crippen LogP contribution < -0.4 is 5.32 Å². The minimum absolute atomic E-state index is 0.253. The number of amides is 1. The zero-order valence-corrected chi connectivity index (χ0v) is 11.9. The quantitative estimate of drug-likeness (QED) is 0.376. The lowest BCUT2D eigenvalue weighted by molar-refractivity contribution is -0.385. The summed E-state index contributed by atoms with van der Waals surface area (Å²) in [5.74, 6) is -1.31. The van der Waals surface area contributed by atoms with Crippen LogP contribution in [0, 0.1) is 15.9 Å². The van der Waals surface area contributed by atoms with E-state index < -0.39 is 22.3 Å². The number of rotatable bonds is 6.